The molecular formula is C22H21FN2O2. The highest BCUT2D eigenvalue weighted by molar-refractivity contribution is 5.84. The highest BCUT2D eigenvalue weighted by atomic mass is 19.1. The van der Waals surface area contributed by atoms with Crippen molar-refractivity contribution in [1.82, 2.24) is 5.43 Å². The fraction of sp³-hybridized carbons (Fsp3) is 0.136. The number of hydrogen-bond donors (Lipinski definition) is 1. The fourth-order valence-electron chi connectivity index (χ4n) is 2.53. The topological polar surface area (TPSA) is 42.8 Å². The van der Waals surface area contributed by atoms with Gasteiger partial charge < -0.3 is 14.9 Å². The predicted molar refractivity (Wildman–Crippen MR) is 105 cm³/mol. The molecule has 3 aromatic rings. The second kappa shape index (κ2) is 9.38. The highest BCUT2D eigenvalue weighted by Gasteiger charge is 2.09. The van der Waals surface area contributed by atoms with Gasteiger partial charge in [0.25, 0.3) is 0 Å². The van der Waals surface area contributed by atoms with E-state index in [1.54, 1.807) is 25.5 Å². The van der Waals surface area contributed by atoms with E-state index in [1.807, 2.05) is 48.5 Å². The van der Waals surface area contributed by atoms with Crippen molar-refractivity contribution in [2.75, 3.05) is 7.11 Å². The first-order valence-electron chi connectivity index (χ1n) is 8.60. The molecule has 3 aromatic carbocycles. The molecule has 0 heterocycles. The van der Waals surface area contributed by atoms with Gasteiger partial charge in [0.1, 0.15) is 12.4 Å². The number of hydrogen-bond acceptors (Lipinski definition) is 4. The van der Waals surface area contributed by atoms with Crippen molar-refractivity contribution >= 4 is 6.21 Å². The summed E-state index contributed by atoms with van der Waals surface area (Å²) in [6, 6.07) is 21.8. The van der Waals surface area contributed by atoms with Crippen LogP contribution in [0.5, 0.6) is 11.5 Å². The fourth-order valence-corrected chi connectivity index (χ4v) is 2.53. The molecule has 5 heteroatoms. The van der Waals surface area contributed by atoms with Gasteiger partial charge in [-0.15, -0.1) is 0 Å². The van der Waals surface area contributed by atoms with Crippen LogP contribution in [0, 0.1) is 5.82 Å². The largest absolute Gasteiger partial charge is 0.493 e. The van der Waals surface area contributed by atoms with Crippen LogP contribution < -0.4 is 14.9 Å². The number of benzene rings is 3. The van der Waals surface area contributed by atoms with Crippen molar-refractivity contribution in [1.29, 1.82) is 0 Å². The summed E-state index contributed by atoms with van der Waals surface area (Å²) < 4.78 is 24.4. The summed E-state index contributed by atoms with van der Waals surface area (Å²) in [7, 11) is 1.59. The summed E-state index contributed by atoms with van der Waals surface area (Å²) in [6.45, 7) is 0.937. The molecule has 27 heavy (non-hydrogen) atoms. The molecule has 0 saturated carbocycles. The normalized spacial score (nSPS) is 10.7. The Morgan fingerprint density at radius 2 is 1.70 bits per heavy atom. The Hall–Kier alpha value is -3.34. The molecule has 0 spiro atoms. The number of hydrazone groups is 1. The standard InChI is InChI=1S/C22H21FN2O2/c1-26-21-9-5-8-19(15-25-24-14-17-6-3-2-4-7-17)22(21)27-16-18-10-12-20(23)13-11-18/h2-13,15,24H,14,16H2,1H3. The Labute approximate surface area is 158 Å². The predicted octanol–water partition coefficient (Wildman–Crippen LogP) is 4.54. The molecule has 0 aliphatic carbocycles. The molecule has 0 aromatic heterocycles. The lowest BCUT2D eigenvalue weighted by atomic mass is 10.2. The van der Waals surface area contributed by atoms with E-state index in [1.165, 1.54) is 12.1 Å². The van der Waals surface area contributed by atoms with Gasteiger partial charge in [-0.05, 0) is 35.4 Å². The van der Waals surface area contributed by atoms with Gasteiger partial charge in [-0.2, -0.15) is 5.10 Å². The van der Waals surface area contributed by atoms with Crippen molar-refractivity contribution in [2.24, 2.45) is 5.10 Å². The molecule has 0 aliphatic heterocycles. The molecular weight excluding hydrogens is 343 g/mol. The van der Waals surface area contributed by atoms with Gasteiger partial charge in [-0.25, -0.2) is 4.39 Å². The van der Waals surface area contributed by atoms with E-state index in [0.29, 0.717) is 24.7 Å². The molecule has 1 N–H and O–H groups in total. The number of halogens is 1. The smallest absolute Gasteiger partial charge is 0.170 e. The van der Waals surface area contributed by atoms with Gasteiger partial charge in [-0.3, -0.25) is 0 Å². The van der Waals surface area contributed by atoms with Crippen LogP contribution in [0.15, 0.2) is 77.9 Å². The van der Waals surface area contributed by atoms with Crippen LogP contribution in [0.25, 0.3) is 0 Å². The van der Waals surface area contributed by atoms with E-state index >= 15 is 0 Å². The average molecular weight is 364 g/mol. The van der Waals surface area contributed by atoms with Crippen LogP contribution >= 0.6 is 0 Å². The van der Waals surface area contributed by atoms with E-state index in [9.17, 15) is 4.39 Å². The van der Waals surface area contributed by atoms with Crippen molar-refractivity contribution in [3.8, 4) is 11.5 Å². The van der Waals surface area contributed by atoms with Crippen LogP contribution in [0.2, 0.25) is 0 Å². The Morgan fingerprint density at radius 3 is 2.44 bits per heavy atom. The number of para-hydroxylation sites is 1. The van der Waals surface area contributed by atoms with Crippen LogP contribution in [0.3, 0.4) is 0 Å². The molecule has 0 saturated heterocycles. The average Bonchev–Trinajstić information content (AvgIpc) is 2.72. The second-order valence-electron chi connectivity index (χ2n) is 5.87. The summed E-state index contributed by atoms with van der Waals surface area (Å²) >= 11 is 0. The van der Waals surface area contributed by atoms with E-state index in [4.69, 9.17) is 9.47 Å². The van der Waals surface area contributed by atoms with Gasteiger partial charge in [-0.1, -0.05) is 48.5 Å². The number of rotatable bonds is 8. The number of ether oxygens (including phenoxy) is 2. The molecule has 138 valence electrons. The van der Waals surface area contributed by atoms with Crippen LogP contribution in [0.1, 0.15) is 16.7 Å². The van der Waals surface area contributed by atoms with Gasteiger partial charge >= 0.3 is 0 Å². The van der Waals surface area contributed by atoms with Crippen LogP contribution in [0.4, 0.5) is 4.39 Å². The minimum absolute atomic E-state index is 0.270. The monoisotopic (exact) mass is 364 g/mol. The summed E-state index contributed by atoms with van der Waals surface area (Å²) in [5.74, 6) is 0.937. The maximum Gasteiger partial charge on any atom is 0.170 e. The SMILES string of the molecule is COc1cccc(C=NNCc2ccccc2)c1OCc1ccc(F)cc1. The maximum atomic E-state index is 13.0. The number of nitrogens with zero attached hydrogens (tertiary/aromatic N) is 1. The Morgan fingerprint density at radius 1 is 0.926 bits per heavy atom. The third-order valence-corrected chi connectivity index (χ3v) is 3.95. The first-order valence-corrected chi connectivity index (χ1v) is 8.60. The van der Waals surface area contributed by atoms with Gasteiger partial charge in [0.15, 0.2) is 11.5 Å². The Bertz CT molecular complexity index is 881. The van der Waals surface area contributed by atoms with E-state index < -0.39 is 0 Å². The molecule has 0 bridgehead atoms. The van der Waals surface area contributed by atoms with E-state index in [0.717, 1.165) is 16.7 Å². The zero-order valence-corrected chi connectivity index (χ0v) is 15.1. The number of nitrogens with one attached hydrogen (secondary N) is 1. The molecule has 3 rings (SSSR count). The second-order valence-corrected chi connectivity index (χ2v) is 5.87. The van der Waals surface area contributed by atoms with Gasteiger partial charge in [0.2, 0.25) is 0 Å². The molecule has 0 fully saturated rings. The Balaban J connectivity index is 1.68. The zero-order chi connectivity index (χ0) is 18.9. The molecule has 0 unspecified atom stereocenters. The molecule has 0 amide bonds. The zero-order valence-electron chi connectivity index (χ0n) is 15.1. The third kappa shape index (κ3) is 5.31. The van der Waals surface area contributed by atoms with Crippen molar-refractivity contribution < 1.29 is 13.9 Å². The molecule has 0 atom stereocenters. The minimum Gasteiger partial charge on any atom is -0.493 e. The van der Waals surface area contributed by atoms with Crippen LogP contribution in [-0.4, -0.2) is 13.3 Å². The van der Waals surface area contributed by atoms with Crippen molar-refractivity contribution in [3.05, 3.63) is 95.3 Å². The summed E-state index contributed by atoms with van der Waals surface area (Å²) in [4.78, 5) is 0. The molecule has 0 aliphatic rings. The number of methoxy groups -OCH3 is 1. The quantitative estimate of drug-likeness (QED) is 0.471. The van der Waals surface area contributed by atoms with Crippen molar-refractivity contribution in [2.45, 2.75) is 13.2 Å². The summed E-state index contributed by atoms with van der Waals surface area (Å²) in [5.41, 5.74) is 5.83. The summed E-state index contributed by atoms with van der Waals surface area (Å²) in [5, 5.41) is 4.28. The Kier molecular flexibility index (Phi) is 6.41. The van der Waals surface area contributed by atoms with Gasteiger partial charge in [0, 0.05) is 5.56 Å². The molecule has 4 nitrogen and oxygen atoms in total. The van der Waals surface area contributed by atoms with E-state index in [2.05, 4.69) is 10.5 Å². The summed E-state index contributed by atoms with van der Waals surface area (Å²) in [6.07, 6.45) is 1.70. The maximum absolute atomic E-state index is 13.0. The highest BCUT2D eigenvalue weighted by Crippen LogP contribution is 2.30. The first-order chi connectivity index (χ1) is 13.3. The lowest BCUT2D eigenvalue weighted by Gasteiger charge is -2.13. The van der Waals surface area contributed by atoms with E-state index in [-0.39, 0.29) is 5.82 Å². The van der Waals surface area contributed by atoms with Crippen LogP contribution in [-0.2, 0) is 13.2 Å². The third-order valence-electron chi connectivity index (χ3n) is 3.95. The first kappa shape index (κ1) is 18.5. The van der Waals surface area contributed by atoms with Crippen molar-refractivity contribution in [3.63, 3.8) is 0 Å². The molecule has 0 radical (unpaired) electrons. The minimum atomic E-state index is -0.270. The van der Waals surface area contributed by atoms with Gasteiger partial charge in [0.05, 0.1) is 19.9 Å². The lowest BCUT2D eigenvalue weighted by molar-refractivity contribution is 0.284. The lowest BCUT2D eigenvalue weighted by Crippen LogP contribution is -2.06.